The summed E-state index contributed by atoms with van der Waals surface area (Å²) in [7, 11) is 0. The van der Waals surface area contributed by atoms with Crippen LogP contribution in [0.3, 0.4) is 0 Å². The zero-order valence-electron chi connectivity index (χ0n) is 14.5. The molecule has 0 spiro atoms. The first-order chi connectivity index (χ1) is 10.7. The van der Waals surface area contributed by atoms with Gasteiger partial charge in [0.15, 0.2) is 0 Å². The molecule has 3 aliphatic rings. The molecule has 3 rings (SSSR count). The van der Waals surface area contributed by atoms with Crippen molar-refractivity contribution in [2.45, 2.75) is 103 Å². The van der Waals surface area contributed by atoms with Gasteiger partial charge >= 0.3 is 0 Å². The third-order valence-electron chi connectivity index (χ3n) is 6.58. The second-order valence-corrected chi connectivity index (χ2v) is 8.05. The largest absolute Gasteiger partial charge is 0.411 e. The van der Waals surface area contributed by atoms with Crippen molar-refractivity contribution in [1.82, 2.24) is 4.90 Å². The Kier molecular flexibility index (Phi) is 5.43. The highest BCUT2D eigenvalue weighted by Gasteiger charge is 2.42. The molecule has 2 aliphatic heterocycles. The van der Waals surface area contributed by atoms with Crippen molar-refractivity contribution in [2.24, 2.45) is 17.0 Å². The number of piperidine rings is 2. The fraction of sp³-hybridized carbons (Fsp3) is 0.947. The second kappa shape index (κ2) is 7.33. The number of fused-ring (bicyclic) bond motifs is 2. The van der Waals surface area contributed by atoms with Gasteiger partial charge in [-0.3, -0.25) is 4.90 Å². The summed E-state index contributed by atoms with van der Waals surface area (Å²) in [5.74, 6) is 1.88. The summed E-state index contributed by atoms with van der Waals surface area (Å²) in [6.45, 7) is 4.72. The summed E-state index contributed by atoms with van der Waals surface area (Å²) in [5, 5.41) is 12.8. The molecule has 0 aromatic heterocycles. The van der Waals surface area contributed by atoms with Crippen LogP contribution < -0.4 is 0 Å². The van der Waals surface area contributed by atoms with Gasteiger partial charge < -0.3 is 5.21 Å². The average molecular weight is 306 g/mol. The van der Waals surface area contributed by atoms with E-state index < -0.39 is 0 Å². The molecule has 3 fully saturated rings. The molecule has 2 saturated heterocycles. The van der Waals surface area contributed by atoms with Gasteiger partial charge in [-0.05, 0) is 43.9 Å². The quantitative estimate of drug-likeness (QED) is 0.596. The summed E-state index contributed by atoms with van der Waals surface area (Å²) >= 11 is 0. The summed E-state index contributed by atoms with van der Waals surface area (Å²) in [6, 6.07) is 2.10. The average Bonchev–Trinajstić information content (AvgIpc) is 2.53. The van der Waals surface area contributed by atoms with Crippen molar-refractivity contribution in [3.05, 3.63) is 0 Å². The van der Waals surface area contributed by atoms with Crippen LogP contribution in [0.25, 0.3) is 0 Å². The Labute approximate surface area is 136 Å². The third kappa shape index (κ3) is 3.34. The van der Waals surface area contributed by atoms with E-state index in [2.05, 4.69) is 23.9 Å². The van der Waals surface area contributed by atoms with Crippen molar-refractivity contribution in [3.63, 3.8) is 0 Å². The fourth-order valence-corrected chi connectivity index (χ4v) is 5.66. The van der Waals surface area contributed by atoms with Crippen LogP contribution in [0.5, 0.6) is 0 Å². The summed E-state index contributed by atoms with van der Waals surface area (Å²) < 4.78 is 0. The molecule has 2 heterocycles. The van der Waals surface area contributed by atoms with Crippen LogP contribution in [0, 0.1) is 11.8 Å². The highest BCUT2D eigenvalue weighted by molar-refractivity contribution is 5.86. The molecule has 0 aromatic rings. The first-order valence-electron chi connectivity index (χ1n) is 9.72. The van der Waals surface area contributed by atoms with Crippen molar-refractivity contribution < 1.29 is 5.21 Å². The van der Waals surface area contributed by atoms with Gasteiger partial charge in [0.05, 0.1) is 5.71 Å². The van der Waals surface area contributed by atoms with E-state index in [4.69, 9.17) is 0 Å². The first-order valence-corrected chi connectivity index (χ1v) is 9.72. The van der Waals surface area contributed by atoms with Gasteiger partial charge in [0.1, 0.15) is 0 Å². The highest BCUT2D eigenvalue weighted by Crippen LogP contribution is 2.42. The molecule has 5 atom stereocenters. The monoisotopic (exact) mass is 306 g/mol. The summed E-state index contributed by atoms with van der Waals surface area (Å²) in [5.41, 5.74) is 1.05. The van der Waals surface area contributed by atoms with Gasteiger partial charge in [-0.25, -0.2) is 0 Å². The van der Waals surface area contributed by atoms with E-state index in [0.717, 1.165) is 36.4 Å². The topological polar surface area (TPSA) is 35.8 Å². The van der Waals surface area contributed by atoms with Gasteiger partial charge in [0.2, 0.25) is 0 Å². The molecule has 0 aromatic carbocycles. The fourth-order valence-electron chi connectivity index (χ4n) is 5.66. The minimum atomic E-state index is 0.654. The van der Waals surface area contributed by atoms with Gasteiger partial charge in [0.25, 0.3) is 0 Å². The van der Waals surface area contributed by atoms with E-state index >= 15 is 0 Å². The molecule has 0 radical (unpaired) electrons. The summed E-state index contributed by atoms with van der Waals surface area (Å²) in [4.78, 5) is 2.89. The molecule has 1 N–H and O–H groups in total. The Hall–Kier alpha value is -0.570. The SMILES string of the molecule is CCC[C@H]1C[C@@H](CC)C[C@H](N2[C@@H]3CCC[C@H]2CC(=NO)C3)C1. The molecule has 1 saturated carbocycles. The van der Waals surface area contributed by atoms with Gasteiger partial charge in [-0.15, -0.1) is 0 Å². The van der Waals surface area contributed by atoms with Crippen molar-refractivity contribution in [3.8, 4) is 0 Å². The van der Waals surface area contributed by atoms with Crippen molar-refractivity contribution in [2.75, 3.05) is 0 Å². The second-order valence-electron chi connectivity index (χ2n) is 8.05. The van der Waals surface area contributed by atoms with Crippen LogP contribution in [-0.4, -0.2) is 33.9 Å². The maximum atomic E-state index is 9.20. The molecule has 3 heteroatoms. The Bertz CT molecular complexity index is 379. The maximum Gasteiger partial charge on any atom is 0.0601 e. The molecular formula is C19H34N2O. The normalized spacial score (nSPS) is 41.7. The van der Waals surface area contributed by atoms with E-state index in [-0.39, 0.29) is 0 Å². The predicted octanol–water partition coefficient (Wildman–Crippen LogP) is 4.83. The predicted molar refractivity (Wildman–Crippen MR) is 91.5 cm³/mol. The van der Waals surface area contributed by atoms with E-state index in [1.165, 1.54) is 57.8 Å². The summed E-state index contributed by atoms with van der Waals surface area (Å²) in [6.07, 6.45) is 14.4. The Balaban J connectivity index is 1.73. The molecule has 2 bridgehead atoms. The molecule has 0 amide bonds. The first kappa shape index (κ1) is 16.3. The van der Waals surface area contributed by atoms with Gasteiger partial charge in [-0.1, -0.05) is 44.7 Å². The van der Waals surface area contributed by atoms with Crippen molar-refractivity contribution >= 4 is 5.71 Å². The van der Waals surface area contributed by atoms with E-state index in [0.29, 0.717) is 12.1 Å². The Morgan fingerprint density at radius 2 is 1.68 bits per heavy atom. The number of rotatable bonds is 4. The van der Waals surface area contributed by atoms with E-state index in [9.17, 15) is 5.21 Å². The lowest BCUT2D eigenvalue weighted by Crippen LogP contribution is -2.58. The number of hydrogen-bond donors (Lipinski definition) is 1. The minimum absolute atomic E-state index is 0.654. The molecule has 0 unspecified atom stereocenters. The third-order valence-corrected chi connectivity index (χ3v) is 6.58. The minimum Gasteiger partial charge on any atom is -0.411 e. The standard InChI is InChI=1S/C19H34N2O/c1-3-6-15-9-14(4-2)10-19(11-15)21-17-7-5-8-18(21)13-16(12-17)20-22/h14-15,17-19,22H,3-13H2,1-2H3/t14-,15+,17-,18+,19+/m1/s1. The molecule has 22 heavy (non-hydrogen) atoms. The van der Waals surface area contributed by atoms with Crippen LogP contribution in [0.4, 0.5) is 0 Å². The van der Waals surface area contributed by atoms with Crippen LogP contribution in [0.2, 0.25) is 0 Å². The lowest BCUT2D eigenvalue weighted by molar-refractivity contribution is -0.00716. The molecule has 126 valence electrons. The number of oxime groups is 1. The van der Waals surface area contributed by atoms with Crippen LogP contribution in [0.1, 0.15) is 84.5 Å². The molecule has 1 aliphatic carbocycles. The number of hydrogen-bond acceptors (Lipinski definition) is 3. The highest BCUT2D eigenvalue weighted by atomic mass is 16.4. The van der Waals surface area contributed by atoms with E-state index in [1.807, 2.05) is 0 Å². The van der Waals surface area contributed by atoms with Crippen LogP contribution in [-0.2, 0) is 0 Å². The Morgan fingerprint density at radius 3 is 2.27 bits per heavy atom. The zero-order chi connectivity index (χ0) is 15.5. The molecule has 3 nitrogen and oxygen atoms in total. The zero-order valence-corrected chi connectivity index (χ0v) is 14.5. The van der Waals surface area contributed by atoms with Gasteiger partial charge in [-0.2, -0.15) is 0 Å². The Morgan fingerprint density at radius 1 is 1.00 bits per heavy atom. The van der Waals surface area contributed by atoms with Gasteiger partial charge in [0, 0.05) is 31.0 Å². The lowest BCUT2D eigenvalue weighted by Gasteiger charge is -2.53. The lowest BCUT2D eigenvalue weighted by atomic mass is 9.72. The maximum absolute atomic E-state index is 9.20. The van der Waals surface area contributed by atoms with E-state index in [1.54, 1.807) is 0 Å². The van der Waals surface area contributed by atoms with Crippen molar-refractivity contribution in [1.29, 1.82) is 0 Å². The smallest absolute Gasteiger partial charge is 0.0601 e. The van der Waals surface area contributed by atoms with Crippen LogP contribution >= 0.6 is 0 Å². The number of nitrogens with zero attached hydrogens (tertiary/aromatic N) is 2. The van der Waals surface area contributed by atoms with Crippen LogP contribution in [0.15, 0.2) is 5.16 Å². The molecular weight excluding hydrogens is 272 g/mol.